The third kappa shape index (κ3) is 3.74. The van der Waals surface area contributed by atoms with Crippen molar-refractivity contribution < 1.29 is 9.53 Å². The third-order valence-electron chi connectivity index (χ3n) is 6.41. The van der Waals surface area contributed by atoms with Crippen LogP contribution in [0.4, 0.5) is 0 Å². The molecule has 2 aliphatic heterocycles. The van der Waals surface area contributed by atoms with Crippen LogP contribution >= 0.6 is 0 Å². The second-order valence-corrected chi connectivity index (χ2v) is 8.58. The Morgan fingerprint density at radius 3 is 2.65 bits per heavy atom. The van der Waals surface area contributed by atoms with Gasteiger partial charge in [-0.05, 0) is 44.4 Å². The van der Waals surface area contributed by atoms with E-state index in [0.29, 0.717) is 11.8 Å². The van der Waals surface area contributed by atoms with E-state index < -0.39 is 0 Å². The summed E-state index contributed by atoms with van der Waals surface area (Å²) in [5.74, 6) is 1.70. The molecule has 1 spiro atoms. The summed E-state index contributed by atoms with van der Waals surface area (Å²) >= 11 is 0. The lowest BCUT2D eigenvalue weighted by atomic mass is 9.79. The standard InChI is InChI=1S/C19H32N2O2/c22-18(17-4-1-2-5-17)21-9-3-8-19(14-21)13-20(10-11-23-15-19)12-16-6-7-16/h16-17H,1-15H2. The zero-order chi connectivity index (χ0) is 15.7. The topological polar surface area (TPSA) is 32.8 Å². The predicted octanol–water partition coefficient (Wildman–Crippen LogP) is 2.53. The van der Waals surface area contributed by atoms with Crippen LogP contribution in [0.1, 0.15) is 51.4 Å². The fourth-order valence-corrected chi connectivity index (χ4v) is 4.98. The number of nitrogens with zero attached hydrogens (tertiary/aromatic N) is 2. The van der Waals surface area contributed by atoms with Gasteiger partial charge >= 0.3 is 0 Å². The lowest BCUT2D eigenvalue weighted by molar-refractivity contribution is -0.140. The molecule has 0 aromatic heterocycles. The smallest absolute Gasteiger partial charge is 0.225 e. The van der Waals surface area contributed by atoms with E-state index in [4.69, 9.17) is 4.74 Å². The number of piperidine rings is 1. The number of amides is 1. The highest BCUT2D eigenvalue weighted by Gasteiger charge is 2.42. The van der Waals surface area contributed by atoms with Crippen LogP contribution in [0.2, 0.25) is 0 Å². The van der Waals surface area contributed by atoms with Crippen molar-refractivity contribution >= 4 is 5.91 Å². The summed E-state index contributed by atoms with van der Waals surface area (Å²) in [5, 5.41) is 0. The van der Waals surface area contributed by atoms with Gasteiger partial charge in [0.25, 0.3) is 0 Å². The van der Waals surface area contributed by atoms with E-state index in [1.807, 2.05) is 0 Å². The zero-order valence-corrected chi connectivity index (χ0v) is 14.5. The van der Waals surface area contributed by atoms with Crippen molar-refractivity contribution in [3.63, 3.8) is 0 Å². The van der Waals surface area contributed by atoms with Crippen LogP contribution in [0.15, 0.2) is 0 Å². The van der Waals surface area contributed by atoms with Crippen molar-refractivity contribution in [3.05, 3.63) is 0 Å². The van der Waals surface area contributed by atoms with Crippen molar-refractivity contribution in [2.24, 2.45) is 17.3 Å². The number of hydrogen-bond donors (Lipinski definition) is 0. The summed E-state index contributed by atoms with van der Waals surface area (Å²) in [7, 11) is 0. The number of carbonyl (C=O) groups excluding carboxylic acids is 1. The first kappa shape index (κ1) is 15.9. The summed E-state index contributed by atoms with van der Waals surface area (Å²) in [5.41, 5.74) is 0.192. The molecule has 1 atom stereocenters. The average Bonchev–Trinajstić information content (AvgIpc) is 3.24. The van der Waals surface area contributed by atoms with Crippen LogP contribution in [0.5, 0.6) is 0 Å². The minimum atomic E-state index is 0.192. The molecule has 2 aliphatic carbocycles. The van der Waals surface area contributed by atoms with Crippen LogP contribution in [0, 0.1) is 17.3 Å². The van der Waals surface area contributed by atoms with Gasteiger partial charge in [0.1, 0.15) is 0 Å². The average molecular weight is 320 g/mol. The molecular weight excluding hydrogens is 288 g/mol. The van der Waals surface area contributed by atoms with E-state index in [-0.39, 0.29) is 5.41 Å². The molecule has 0 bridgehead atoms. The molecular formula is C19H32N2O2. The van der Waals surface area contributed by atoms with Crippen molar-refractivity contribution in [2.75, 3.05) is 45.9 Å². The minimum absolute atomic E-state index is 0.192. The highest BCUT2D eigenvalue weighted by Crippen LogP contribution is 2.37. The van der Waals surface area contributed by atoms with Gasteiger partial charge in [0.2, 0.25) is 5.91 Å². The molecule has 4 heteroatoms. The molecule has 4 fully saturated rings. The Morgan fingerprint density at radius 1 is 1.04 bits per heavy atom. The Morgan fingerprint density at radius 2 is 1.87 bits per heavy atom. The fraction of sp³-hybridized carbons (Fsp3) is 0.947. The molecule has 2 heterocycles. The van der Waals surface area contributed by atoms with Gasteiger partial charge in [0.05, 0.1) is 13.2 Å². The van der Waals surface area contributed by atoms with Crippen LogP contribution in [0.25, 0.3) is 0 Å². The first-order valence-electron chi connectivity index (χ1n) is 9.83. The Bertz CT molecular complexity index is 431. The van der Waals surface area contributed by atoms with Gasteiger partial charge in [-0.25, -0.2) is 0 Å². The second kappa shape index (κ2) is 6.72. The first-order valence-corrected chi connectivity index (χ1v) is 9.83. The predicted molar refractivity (Wildman–Crippen MR) is 90.2 cm³/mol. The molecule has 130 valence electrons. The van der Waals surface area contributed by atoms with Crippen molar-refractivity contribution in [2.45, 2.75) is 51.4 Å². The third-order valence-corrected chi connectivity index (χ3v) is 6.41. The Balaban J connectivity index is 1.41. The second-order valence-electron chi connectivity index (χ2n) is 8.58. The van der Waals surface area contributed by atoms with Crippen LogP contribution in [0.3, 0.4) is 0 Å². The van der Waals surface area contributed by atoms with E-state index in [1.165, 1.54) is 38.6 Å². The zero-order valence-electron chi connectivity index (χ0n) is 14.5. The quantitative estimate of drug-likeness (QED) is 0.801. The molecule has 1 unspecified atom stereocenters. The number of carbonyl (C=O) groups is 1. The van der Waals surface area contributed by atoms with Gasteiger partial charge in [-0.3, -0.25) is 4.79 Å². The summed E-state index contributed by atoms with van der Waals surface area (Å²) in [6.07, 6.45) is 9.93. The van der Waals surface area contributed by atoms with Gasteiger partial charge in [-0.15, -0.1) is 0 Å². The number of hydrogen-bond acceptors (Lipinski definition) is 3. The summed E-state index contributed by atoms with van der Waals surface area (Å²) in [4.78, 5) is 17.7. The van der Waals surface area contributed by atoms with E-state index in [9.17, 15) is 4.79 Å². The van der Waals surface area contributed by atoms with Crippen LogP contribution in [-0.4, -0.2) is 61.6 Å². The molecule has 0 aromatic rings. The maximum absolute atomic E-state index is 12.9. The number of likely N-dealkylation sites (tertiary alicyclic amines) is 1. The molecule has 2 saturated carbocycles. The highest BCUT2D eigenvalue weighted by molar-refractivity contribution is 5.79. The molecule has 0 aromatic carbocycles. The van der Waals surface area contributed by atoms with Gasteiger partial charge < -0.3 is 14.5 Å². The fourth-order valence-electron chi connectivity index (χ4n) is 4.98. The summed E-state index contributed by atoms with van der Waals surface area (Å²) in [6, 6.07) is 0. The van der Waals surface area contributed by atoms with Crippen LogP contribution in [-0.2, 0) is 9.53 Å². The van der Waals surface area contributed by atoms with Gasteiger partial charge in [-0.1, -0.05) is 12.8 Å². The summed E-state index contributed by atoms with van der Waals surface area (Å²) < 4.78 is 5.99. The lowest BCUT2D eigenvalue weighted by Gasteiger charge is -2.44. The maximum atomic E-state index is 12.9. The Kier molecular flexibility index (Phi) is 4.64. The van der Waals surface area contributed by atoms with Crippen LogP contribution < -0.4 is 0 Å². The van der Waals surface area contributed by atoms with Gasteiger partial charge in [-0.2, -0.15) is 0 Å². The maximum Gasteiger partial charge on any atom is 0.225 e. The Labute approximate surface area is 140 Å². The van der Waals surface area contributed by atoms with Crippen molar-refractivity contribution in [3.8, 4) is 0 Å². The van der Waals surface area contributed by atoms with Gasteiger partial charge in [0, 0.05) is 44.1 Å². The lowest BCUT2D eigenvalue weighted by Crippen LogP contribution is -2.53. The van der Waals surface area contributed by atoms with E-state index in [0.717, 1.165) is 64.6 Å². The minimum Gasteiger partial charge on any atom is -0.379 e. The largest absolute Gasteiger partial charge is 0.379 e. The summed E-state index contributed by atoms with van der Waals surface area (Å²) in [6.45, 7) is 7.09. The molecule has 23 heavy (non-hydrogen) atoms. The van der Waals surface area contributed by atoms with E-state index in [1.54, 1.807) is 0 Å². The molecule has 2 saturated heterocycles. The SMILES string of the molecule is O=C(C1CCCC1)N1CCCC2(COCCN(CC3CC3)C2)C1. The highest BCUT2D eigenvalue weighted by atomic mass is 16.5. The molecule has 4 aliphatic rings. The van der Waals surface area contributed by atoms with E-state index >= 15 is 0 Å². The normalized spacial score (nSPS) is 34.0. The molecule has 4 nitrogen and oxygen atoms in total. The van der Waals surface area contributed by atoms with Crippen molar-refractivity contribution in [1.29, 1.82) is 0 Å². The molecule has 0 radical (unpaired) electrons. The molecule has 4 rings (SSSR count). The van der Waals surface area contributed by atoms with Crippen molar-refractivity contribution in [1.82, 2.24) is 9.80 Å². The molecule has 1 amide bonds. The number of rotatable bonds is 3. The van der Waals surface area contributed by atoms with Gasteiger partial charge in [0.15, 0.2) is 0 Å². The van der Waals surface area contributed by atoms with E-state index in [2.05, 4.69) is 9.80 Å². The number of ether oxygens (including phenoxy) is 1. The first-order chi connectivity index (χ1) is 11.2. The monoisotopic (exact) mass is 320 g/mol. The Hall–Kier alpha value is -0.610. The molecule has 0 N–H and O–H groups in total.